The molecule has 2 atom stereocenters. The van der Waals surface area contributed by atoms with E-state index in [0.717, 1.165) is 23.8 Å². The molecule has 0 aliphatic heterocycles. The molecule has 4 nitrogen and oxygen atoms in total. The van der Waals surface area contributed by atoms with Gasteiger partial charge in [0.15, 0.2) is 0 Å². The molecule has 0 spiro atoms. The number of hydrogen-bond donors (Lipinski definition) is 2. The van der Waals surface area contributed by atoms with Crippen molar-refractivity contribution < 1.29 is 0 Å². The van der Waals surface area contributed by atoms with Gasteiger partial charge in [-0.3, -0.25) is 4.79 Å². The van der Waals surface area contributed by atoms with Crippen molar-refractivity contribution in [1.29, 1.82) is 0 Å². The van der Waals surface area contributed by atoms with Gasteiger partial charge in [0.25, 0.3) is 5.56 Å². The summed E-state index contributed by atoms with van der Waals surface area (Å²) in [6.45, 7) is 2.18. The van der Waals surface area contributed by atoms with Gasteiger partial charge >= 0.3 is 0 Å². The molecule has 1 aromatic rings. The maximum atomic E-state index is 11.3. The van der Waals surface area contributed by atoms with E-state index in [0.29, 0.717) is 11.7 Å². The SMILES string of the molecule is CCSC1CCC(Nc2cn[nH]c(=O)c2Cl)C1. The summed E-state index contributed by atoms with van der Waals surface area (Å²) in [6, 6.07) is 0.403. The lowest BCUT2D eigenvalue weighted by Gasteiger charge is -2.14. The van der Waals surface area contributed by atoms with E-state index >= 15 is 0 Å². The van der Waals surface area contributed by atoms with Crippen LogP contribution >= 0.6 is 23.4 Å². The third kappa shape index (κ3) is 3.16. The summed E-state index contributed by atoms with van der Waals surface area (Å²) in [5, 5.41) is 10.3. The highest BCUT2D eigenvalue weighted by Gasteiger charge is 2.25. The molecule has 0 aromatic carbocycles. The first kappa shape index (κ1) is 12.8. The number of aromatic amines is 1. The van der Waals surface area contributed by atoms with Crippen molar-refractivity contribution in [2.45, 2.75) is 37.5 Å². The average molecular weight is 274 g/mol. The first-order valence-corrected chi connectivity index (χ1v) is 7.24. The topological polar surface area (TPSA) is 57.8 Å². The number of rotatable bonds is 4. The standard InChI is InChI=1S/C11H16ClN3OS/c1-2-17-8-4-3-7(5-8)14-9-6-13-15-11(16)10(9)12/h6-8H,2-5H2,1H3,(H2,14,15,16). The Hall–Kier alpha value is -0.680. The molecule has 2 unspecified atom stereocenters. The van der Waals surface area contributed by atoms with Crippen LogP contribution < -0.4 is 10.9 Å². The van der Waals surface area contributed by atoms with E-state index in [1.54, 1.807) is 6.20 Å². The fraction of sp³-hybridized carbons (Fsp3) is 0.636. The number of thioether (sulfide) groups is 1. The lowest BCUT2D eigenvalue weighted by atomic mass is 10.2. The molecule has 1 aliphatic carbocycles. The average Bonchev–Trinajstić information content (AvgIpc) is 2.73. The van der Waals surface area contributed by atoms with Crippen LogP contribution in [0.5, 0.6) is 0 Å². The molecule has 94 valence electrons. The quantitative estimate of drug-likeness (QED) is 0.885. The lowest BCUT2D eigenvalue weighted by molar-refractivity contribution is 0.754. The zero-order valence-corrected chi connectivity index (χ0v) is 11.3. The molecular formula is C11H16ClN3OS. The van der Waals surface area contributed by atoms with Crippen molar-refractivity contribution in [3.05, 3.63) is 21.6 Å². The molecule has 0 radical (unpaired) electrons. The fourth-order valence-corrected chi connectivity index (χ4v) is 3.45. The van der Waals surface area contributed by atoms with Crippen LogP contribution in [0.1, 0.15) is 26.2 Å². The fourth-order valence-electron chi connectivity index (χ4n) is 2.16. The van der Waals surface area contributed by atoms with Crippen molar-refractivity contribution in [1.82, 2.24) is 10.2 Å². The van der Waals surface area contributed by atoms with Crippen LogP contribution in [-0.2, 0) is 0 Å². The van der Waals surface area contributed by atoms with Crippen molar-refractivity contribution in [2.75, 3.05) is 11.1 Å². The van der Waals surface area contributed by atoms with Crippen molar-refractivity contribution >= 4 is 29.1 Å². The minimum atomic E-state index is -0.339. The van der Waals surface area contributed by atoms with E-state index < -0.39 is 0 Å². The number of H-pyrrole nitrogens is 1. The zero-order chi connectivity index (χ0) is 12.3. The van der Waals surface area contributed by atoms with Gasteiger partial charge in [-0.2, -0.15) is 16.9 Å². The zero-order valence-electron chi connectivity index (χ0n) is 9.70. The molecule has 0 amide bonds. The van der Waals surface area contributed by atoms with Gasteiger partial charge in [-0.25, -0.2) is 5.10 Å². The van der Waals surface area contributed by atoms with Gasteiger partial charge in [-0.15, -0.1) is 0 Å². The van der Waals surface area contributed by atoms with E-state index in [9.17, 15) is 4.79 Å². The Kier molecular flexibility index (Phi) is 4.34. The van der Waals surface area contributed by atoms with E-state index in [1.807, 2.05) is 11.8 Å². The second kappa shape index (κ2) is 5.78. The van der Waals surface area contributed by atoms with Crippen LogP contribution in [0.3, 0.4) is 0 Å². The molecule has 0 bridgehead atoms. The monoisotopic (exact) mass is 273 g/mol. The number of aromatic nitrogens is 2. The van der Waals surface area contributed by atoms with Gasteiger partial charge in [0.1, 0.15) is 5.02 Å². The maximum Gasteiger partial charge on any atom is 0.285 e. The number of anilines is 1. The molecular weight excluding hydrogens is 258 g/mol. The summed E-state index contributed by atoms with van der Waals surface area (Å²) >= 11 is 7.92. The highest BCUT2D eigenvalue weighted by atomic mass is 35.5. The number of hydrogen-bond acceptors (Lipinski definition) is 4. The highest BCUT2D eigenvalue weighted by molar-refractivity contribution is 7.99. The molecule has 1 heterocycles. The van der Waals surface area contributed by atoms with Gasteiger partial charge < -0.3 is 5.32 Å². The summed E-state index contributed by atoms with van der Waals surface area (Å²) < 4.78 is 0. The van der Waals surface area contributed by atoms with Crippen LogP contribution in [-0.4, -0.2) is 27.2 Å². The summed E-state index contributed by atoms with van der Waals surface area (Å²) in [5.74, 6) is 1.16. The molecule has 2 N–H and O–H groups in total. The Balaban J connectivity index is 1.98. The summed E-state index contributed by atoms with van der Waals surface area (Å²) in [4.78, 5) is 11.3. The third-order valence-electron chi connectivity index (χ3n) is 2.94. The van der Waals surface area contributed by atoms with Crippen molar-refractivity contribution in [2.24, 2.45) is 0 Å². The molecule has 1 saturated carbocycles. The van der Waals surface area contributed by atoms with E-state index in [2.05, 4.69) is 22.4 Å². The van der Waals surface area contributed by atoms with Gasteiger partial charge in [0.2, 0.25) is 0 Å². The largest absolute Gasteiger partial charge is 0.380 e. The number of halogens is 1. The first-order chi connectivity index (χ1) is 8.20. The van der Waals surface area contributed by atoms with Crippen LogP contribution in [0.15, 0.2) is 11.0 Å². The second-order valence-corrected chi connectivity index (χ2v) is 6.11. The smallest absolute Gasteiger partial charge is 0.285 e. The molecule has 1 aliphatic rings. The van der Waals surface area contributed by atoms with Gasteiger partial charge in [0.05, 0.1) is 11.9 Å². The first-order valence-electron chi connectivity index (χ1n) is 5.82. The molecule has 0 saturated heterocycles. The Morgan fingerprint density at radius 1 is 1.65 bits per heavy atom. The summed E-state index contributed by atoms with van der Waals surface area (Å²) in [6.07, 6.45) is 5.05. The van der Waals surface area contributed by atoms with Gasteiger partial charge in [0, 0.05) is 11.3 Å². The Morgan fingerprint density at radius 2 is 2.47 bits per heavy atom. The van der Waals surface area contributed by atoms with Crippen molar-refractivity contribution in [3.8, 4) is 0 Å². The Morgan fingerprint density at radius 3 is 3.24 bits per heavy atom. The molecule has 2 rings (SSSR count). The van der Waals surface area contributed by atoms with E-state index in [1.165, 1.54) is 6.42 Å². The van der Waals surface area contributed by atoms with Crippen LogP contribution in [0.4, 0.5) is 5.69 Å². The second-order valence-electron chi connectivity index (χ2n) is 4.16. The van der Waals surface area contributed by atoms with Crippen molar-refractivity contribution in [3.63, 3.8) is 0 Å². The molecule has 1 aromatic heterocycles. The van der Waals surface area contributed by atoms with Crippen LogP contribution in [0, 0.1) is 0 Å². The minimum Gasteiger partial charge on any atom is -0.380 e. The lowest BCUT2D eigenvalue weighted by Crippen LogP contribution is -2.19. The molecule has 17 heavy (non-hydrogen) atoms. The molecule has 6 heteroatoms. The van der Waals surface area contributed by atoms with Gasteiger partial charge in [-0.05, 0) is 25.0 Å². The number of nitrogens with one attached hydrogen (secondary N) is 2. The normalized spacial score (nSPS) is 23.9. The Bertz CT molecular complexity index is 437. The third-order valence-corrected chi connectivity index (χ3v) is 4.55. The van der Waals surface area contributed by atoms with E-state index in [-0.39, 0.29) is 10.6 Å². The molecule has 1 fully saturated rings. The summed E-state index contributed by atoms with van der Waals surface area (Å²) in [5.41, 5.74) is 0.303. The van der Waals surface area contributed by atoms with Gasteiger partial charge in [-0.1, -0.05) is 18.5 Å². The predicted molar refractivity (Wildman–Crippen MR) is 73.0 cm³/mol. The maximum absolute atomic E-state index is 11.3. The minimum absolute atomic E-state index is 0.201. The van der Waals surface area contributed by atoms with E-state index in [4.69, 9.17) is 11.6 Å². The highest BCUT2D eigenvalue weighted by Crippen LogP contribution is 2.32. The Labute approximate surface area is 110 Å². The van der Waals surface area contributed by atoms with Crippen LogP contribution in [0.25, 0.3) is 0 Å². The summed E-state index contributed by atoms with van der Waals surface area (Å²) in [7, 11) is 0. The predicted octanol–water partition coefficient (Wildman–Crippen LogP) is 2.51. The number of nitrogens with zero attached hydrogens (tertiary/aromatic N) is 1. The van der Waals surface area contributed by atoms with Crippen LogP contribution in [0.2, 0.25) is 5.02 Å².